The van der Waals surface area contributed by atoms with Crippen molar-refractivity contribution < 1.29 is 4.79 Å². The lowest BCUT2D eigenvalue weighted by Gasteiger charge is -2.12. The lowest BCUT2D eigenvalue weighted by Crippen LogP contribution is -2.32. The number of amides is 1. The molecule has 0 bridgehead atoms. The maximum absolute atomic E-state index is 12.7. The number of halogens is 1. The molecule has 0 spiro atoms. The molecule has 28 heavy (non-hydrogen) atoms. The van der Waals surface area contributed by atoms with Gasteiger partial charge in [0, 0.05) is 17.5 Å². The highest BCUT2D eigenvalue weighted by molar-refractivity contribution is 6.30. The van der Waals surface area contributed by atoms with Crippen molar-refractivity contribution in [1.29, 1.82) is 0 Å². The van der Waals surface area contributed by atoms with Crippen LogP contribution in [0.4, 0.5) is 0 Å². The number of nitrogens with zero attached hydrogens (tertiary/aromatic N) is 4. The molecule has 1 N–H and O–H groups in total. The van der Waals surface area contributed by atoms with Crippen LogP contribution in [0.1, 0.15) is 32.3 Å². The summed E-state index contributed by atoms with van der Waals surface area (Å²) in [6, 6.07) is 7.35. The molecule has 1 amide bonds. The van der Waals surface area contributed by atoms with Crippen molar-refractivity contribution in [2.24, 2.45) is 5.92 Å². The van der Waals surface area contributed by atoms with Crippen molar-refractivity contribution in [3.63, 3.8) is 0 Å². The topological polar surface area (TPSA) is 81.8 Å². The average Bonchev–Trinajstić information content (AvgIpc) is 3.10. The lowest BCUT2D eigenvalue weighted by atomic mass is 10.0. The van der Waals surface area contributed by atoms with Gasteiger partial charge in [0.05, 0.1) is 19.3 Å². The Morgan fingerprint density at radius 1 is 1.21 bits per heavy atom. The van der Waals surface area contributed by atoms with Gasteiger partial charge in [-0.15, -0.1) is 0 Å². The van der Waals surface area contributed by atoms with Crippen molar-refractivity contribution >= 4 is 28.5 Å². The van der Waals surface area contributed by atoms with Crippen LogP contribution in [-0.2, 0) is 17.9 Å². The minimum Gasteiger partial charge on any atom is -0.354 e. The van der Waals surface area contributed by atoms with Gasteiger partial charge >= 0.3 is 0 Å². The Balaban J connectivity index is 1.71. The monoisotopic (exact) mass is 401 g/mol. The predicted octanol–water partition coefficient (Wildman–Crippen LogP) is 2.85. The van der Waals surface area contributed by atoms with Crippen LogP contribution < -0.4 is 10.9 Å². The summed E-state index contributed by atoms with van der Waals surface area (Å²) in [5, 5.41) is 8.31. The van der Waals surface area contributed by atoms with Crippen molar-refractivity contribution in [3.05, 3.63) is 57.7 Å². The Bertz CT molecular complexity index is 1010. The fraction of sp³-hybridized carbons (Fsp3) is 0.400. The molecule has 0 saturated heterocycles. The molecular weight excluding hydrogens is 378 g/mol. The summed E-state index contributed by atoms with van der Waals surface area (Å²) < 4.78 is 3.20. The molecule has 2 heterocycles. The fourth-order valence-corrected chi connectivity index (χ4v) is 3.28. The van der Waals surface area contributed by atoms with Crippen LogP contribution in [0.15, 0.2) is 41.6 Å². The van der Waals surface area contributed by atoms with E-state index in [1.165, 1.54) is 12.5 Å². The molecule has 7 nitrogen and oxygen atoms in total. The number of nitrogens with one attached hydrogen (secondary N) is 1. The molecule has 0 aliphatic heterocycles. The molecule has 0 aliphatic carbocycles. The third-order valence-electron chi connectivity index (χ3n) is 4.87. The van der Waals surface area contributed by atoms with Gasteiger partial charge < -0.3 is 5.32 Å². The third-order valence-corrected chi connectivity index (χ3v) is 5.12. The van der Waals surface area contributed by atoms with Crippen LogP contribution in [-0.4, -0.2) is 31.8 Å². The Labute approximate surface area is 168 Å². The number of carbonyl (C=O) groups excluding carboxylic acids is 1. The number of rotatable bonds is 8. The Hall–Kier alpha value is -2.67. The van der Waals surface area contributed by atoms with E-state index in [4.69, 9.17) is 11.6 Å². The molecule has 0 saturated carbocycles. The standard InChI is InChI=1S/C20H24ClN5O2/c1-3-15(4-2)19(27)22-9-10-26-18-17(11-24-26)20(28)25(13-23-18)12-14-5-7-16(21)8-6-14/h5-8,11,13,15H,3-4,9-10,12H2,1-2H3,(H,22,27). The zero-order chi connectivity index (χ0) is 20.1. The summed E-state index contributed by atoms with van der Waals surface area (Å²) >= 11 is 5.90. The number of aromatic nitrogens is 4. The highest BCUT2D eigenvalue weighted by Gasteiger charge is 2.14. The fourth-order valence-electron chi connectivity index (χ4n) is 3.15. The second-order valence-corrected chi connectivity index (χ2v) is 7.15. The highest BCUT2D eigenvalue weighted by atomic mass is 35.5. The van der Waals surface area contributed by atoms with Crippen LogP contribution in [0.5, 0.6) is 0 Å². The summed E-state index contributed by atoms with van der Waals surface area (Å²) in [5.74, 6) is 0.0901. The number of hydrogen-bond donors (Lipinski definition) is 1. The molecule has 1 aromatic carbocycles. The summed E-state index contributed by atoms with van der Waals surface area (Å²) in [4.78, 5) is 29.2. The Morgan fingerprint density at radius 2 is 1.93 bits per heavy atom. The van der Waals surface area contributed by atoms with Crippen molar-refractivity contribution in [3.8, 4) is 0 Å². The van der Waals surface area contributed by atoms with E-state index in [1.807, 2.05) is 26.0 Å². The zero-order valence-corrected chi connectivity index (χ0v) is 16.8. The van der Waals surface area contributed by atoms with E-state index < -0.39 is 0 Å². The molecular formula is C20H24ClN5O2. The molecule has 0 aliphatic rings. The third kappa shape index (κ3) is 4.42. The first-order valence-electron chi connectivity index (χ1n) is 9.46. The van der Waals surface area contributed by atoms with E-state index in [-0.39, 0.29) is 17.4 Å². The van der Waals surface area contributed by atoms with Gasteiger partial charge in [-0.2, -0.15) is 5.10 Å². The number of benzene rings is 1. The van der Waals surface area contributed by atoms with Crippen LogP contribution in [0.25, 0.3) is 11.0 Å². The van der Waals surface area contributed by atoms with Crippen LogP contribution in [0.3, 0.4) is 0 Å². The minimum absolute atomic E-state index is 0.0348. The largest absolute Gasteiger partial charge is 0.354 e. The molecule has 3 aromatic rings. The van der Waals surface area contributed by atoms with E-state index in [0.717, 1.165) is 18.4 Å². The van der Waals surface area contributed by atoms with E-state index >= 15 is 0 Å². The smallest absolute Gasteiger partial charge is 0.264 e. The van der Waals surface area contributed by atoms with Crippen LogP contribution in [0.2, 0.25) is 5.02 Å². The van der Waals surface area contributed by atoms with Gasteiger partial charge in [0.1, 0.15) is 11.7 Å². The zero-order valence-electron chi connectivity index (χ0n) is 16.1. The highest BCUT2D eigenvalue weighted by Crippen LogP contribution is 2.11. The van der Waals surface area contributed by atoms with E-state index in [2.05, 4.69) is 15.4 Å². The maximum Gasteiger partial charge on any atom is 0.264 e. The molecule has 0 radical (unpaired) electrons. The number of carbonyl (C=O) groups is 1. The molecule has 2 aromatic heterocycles. The minimum atomic E-state index is -0.146. The molecule has 0 fully saturated rings. The van der Waals surface area contributed by atoms with Gasteiger partial charge in [0.15, 0.2) is 5.65 Å². The van der Waals surface area contributed by atoms with E-state index in [0.29, 0.717) is 35.7 Å². The van der Waals surface area contributed by atoms with Crippen molar-refractivity contribution in [1.82, 2.24) is 24.6 Å². The van der Waals surface area contributed by atoms with Gasteiger partial charge in [-0.05, 0) is 30.5 Å². The number of fused-ring (bicyclic) bond motifs is 1. The van der Waals surface area contributed by atoms with Crippen molar-refractivity contribution in [2.45, 2.75) is 39.8 Å². The second-order valence-electron chi connectivity index (χ2n) is 6.71. The van der Waals surface area contributed by atoms with Gasteiger partial charge in [-0.3, -0.25) is 14.2 Å². The molecule has 0 atom stereocenters. The first kappa shape index (κ1) is 20.1. The number of hydrogen-bond acceptors (Lipinski definition) is 4. The Morgan fingerprint density at radius 3 is 2.61 bits per heavy atom. The SMILES string of the molecule is CCC(CC)C(=O)NCCn1ncc2c(=O)n(Cc3ccc(Cl)cc3)cnc21. The first-order chi connectivity index (χ1) is 13.5. The maximum atomic E-state index is 12.7. The van der Waals surface area contributed by atoms with E-state index in [9.17, 15) is 9.59 Å². The van der Waals surface area contributed by atoms with Crippen LogP contribution in [0, 0.1) is 5.92 Å². The van der Waals surface area contributed by atoms with Gasteiger partial charge in [-0.25, -0.2) is 9.67 Å². The van der Waals surface area contributed by atoms with Gasteiger partial charge in [0.2, 0.25) is 5.91 Å². The first-order valence-corrected chi connectivity index (χ1v) is 9.84. The predicted molar refractivity (Wildman–Crippen MR) is 109 cm³/mol. The van der Waals surface area contributed by atoms with E-state index in [1.54, 1.807) is 21.4 Å². The molecule has 148 valence electrons. The molecule has 8 heteroatoms. The normalized spacial score (nSPS) is 11.3. The van der Waals surface area contributed by atoms with Crippen molar-refractivity contribution in [2.75, 3.05) is 6.54 Å². The summed E-state index contributed by atoms with van der Waals surface area (Å²) in [5.41, 5.74) is 1.34. The molecule has 3 rings (SSSR count). The molecule has 0 unspecified atom stereocenters. The lowest BCUT2D eigenvalue weighted by molar-refractivity contribution is -0.125. The van der Waals surface area contributed by atoms with Gasteiger partial charge in [0.25, 0.3) is 5.56 Å². The summed E-state index contributed by atoms with van der Waals surface area (Å²) in [6.45, 7) is 5.34. The second kappa shape index (κ2) is 9.01. The quantitative estimate of drug-likeness (QED) is 0.629. The average molecular weight is 402 g/mol. The summed E-state index contributed by atoms with van der Waals surface area (Å²) in [7, 11) is 0. The van der Waals surface area contributed by atoms with Gasteiger partial charge in [-0.1, -0.05) is 37.6 Å². The summed E-state index contributed by atoms with van der Waals surface area (Å²) in [6.07, 6.45) is 4.70. The Kier molecular flexibility index (Phi) is 6.46. The van der Waals surface area contributed by atoms with Crippen LogP contribution >= 0.6 is 11.6 Å².